The first-order chi connectivity index (χ1) is 18.8. The Labute approximate surface area is 226 Å². The summed E-state index contributed by atoms with van der Waals surface area (Å²) in [5.74, 6) is 0.207. The summed E-state index contributed by atoms with van der Waals surface area (Å²) >= 11 is 0. The highest BCUT2D eigenvalue weighted by molar-refractivity contribution is 5.74. The van der Waals surface area contributed by atoms with Crippen LogP contribution in [0.2, 0.25) is 0 Å². The number of anilines is 2. The molecule has 1 saturated heterocycles. The molecule has 0 atom stereocenters. The second-order valence-corrected chi connectivity index (χ2v) is 10.1. The van der Waals surface area contributed by atoms with Gasteiger partial charge in [0.25, 0.3) is 5.69 Å². The first-order valence-corrected chi connectivity index (χ1v) is 12.9. The zero-order valence-corrected chi connectivity index (χ0v) is 21.4. The summed E-state index contributed by atoms with van der Waals surface area (Å²) in [5.41, 5.74) is -2.15. The maximum Gasteiger partial charge on any atom is 0.423 e. The van der Waals surface area contributed by atoms with Gasteiger partial charge in [-0.25, -0.2) is 4.79 Å². The van der Waals surface area contributed by atoms with Gasteiger partial charge in [-0.2, -0.15) is 26.3 Å². The highest BCUT2D eigenvalue weighted by Crippen LogP contribution is 2.38. The second kappa shape index (κ2) is 11.8. The van der Waals surface area contributed by atoms with Gasteiger partial charge < -0.3 is 20.4 Å². The third-order valence-electron chi connectivity index (χ3n) is 7.38. The van der Waals surface area contributed by atoms with E-state index < -0.39 is 34.1 Å². The molecule has 2 fully saturated rings. The smallest absolute Gasteiger partial charge is 0.382 e. The van der Waals surface area contributed by atoms with Gasteiger partial charge in [-0.1, -0.05) is 0 Å². The van der Waals surface area contributed by atoms with Crippen LogP contribution in [-0.4, -0.2) is 54.6 Å². The molecule has 1 aliphatic carbocycles. The lowest BCUT2D eigenvalue weighted by atomic mass is 9.86. The third kappa shape index (κ3) is 7.27. The fraction of sp³-hybridized carbons (Fsp3) is 0.500. The van der Waals surface area contributed by atoms with E-state index in [1.807, 2.05) is 4.90 Å². The van der Waals surface area contributed by atoms with Crippen LogP contribution in [0.1, 0.15) is 36.8 Å². The molecule has 0 spiro atoms. The van der Waals surface area contributed by atoms with Gasteiger partial charge >= 0.3 is 18.4 Å². The highest BCUT2D eigenvalue weighted by Gasteiger charge is 2.38. The molecule has 2 N–H and O–H groups in total. The molecular formula is C26H29F6N5O3. The van der Waals surface area contributed by atoms with E-state index in [4.69, 9.17) is 0 Å². The SMILES string of the molecule is O=C(NCC1CCC(Nc2ccc([N+](=O)[O-])c(C(F)(F)F)c2)CC1)N1CCN(c2ccc(C(F)(F)F)cc2)CC1. The van der Waals surface area contributed by atoms with Gasteiger partial charge in [-0.3, -0.25) is 10.1 Å². The van der Waals surface area contributed by atoms with Gasteiger partial charge in [-0.15, -0.1) is 0 Å². The lowest BCUT2D eigenvalue weighted by Crippen LogP contribution is -2.52. The minimum absolute atomic E-state index is 0.0900. The highest BCUT2D eigenvalue weighted by atomic mass is 19.4. The monoisotopic (exact) mass is 573 g/mol. The largest absolute Gasteiger partial charge is 0.423 e. The minimum Gasteiger partial charge on any atom is -0.382 e. The number of piperazine rings is 1. The number of benzene rings is 2. The number of carbonyl (C=O) groups excluding carboxylic acids is 1. The van der Waals surface area contributed by atoms with Crippen LogP contribution in [0.4, 0.5) is 48.2 Å². The molecule has 0 radical (unpaired) electrons. The van der Waals surface area contributed by atoms with Crippen molar-refractivity contribution in [1.82, 2.24) is 10.2 Å². The Hall–Kier alpha value is -3.71. The molecule has 0 bridgehead atoms. The van der Waals surface area contributed by atoms with E-state index in [0.717, 1.165) is 37.1 Å². The molecule has 1 aliphatic heterocycles. The second-order valence-electron chi connectivity index (χ2n) is 10.1. The van der Waals surface area contributed by atoms with Crippen molar-refractivity contribution in [2.24, 2.45) is 5.92 Å². The molecule has 2 amide bonds. The number of urea groups is 1. The van der Waals surface area contributed by atoms with Gasteiger partial charge in [-0.05, 0) is 68.0 Å². The Morgan fingerprint density at radius 1 is 0.900 bits per heavy atom. The lowest BCUT2D eigenvalue weighted by Gasteiger charge is -2.36. The number of nitro benzene ring substituents is 1. The lowest BCUT2D eigenvalue weighted by molar-refractivity contribution is -0.388. The van der Waals surface area contributed by atoms with E-state index >= 15 is 0 Å². The topological polar surface area (TPSA) is 90.7 Å². The number of hydrogen-bond donors (Lipinski definition) is 2. The van der Waals surface area contributed by atoms with Gasteiger partial charge in [0.15, 0.2) is 0 Å². The summed E-state index contributed by atoms with van der Waals surface area (Å²) in [4.78, 5) is 26.1. The molecule has 0 aromatic heterocycles. The molecule has 218 valence electrons. The Morgan fingerprint density at radius 2 is 1.52 bits per heavy atom. The maximum absolute atomic E-state index is 13.2. The number of nitrogens with zero attached hydrogens (tertiary/aromatic N) is 3. The summed E-state index contributed by atoms with van der Waals surface area (Å²) in [5, 5.41) is 16.9. The van der Waals surface area contributed by atoms with Gasteiger partial charge in [0.1, 0.15) is 5.56 Å². The van der Waals surface area contributed by atoms with Crippen molar-refractivity contribution >= 4 is 23.1 Å². The maximum atomic E-state index is 13.2. The van der Waals surface area contributed by atoms with Crippen molar-refractivity contribution in [2.75, 3.05) is 42.9 Å². The average Bonchev–Trinajstić information content (AvgIpc) is 2.91. The van der Waals surface area contributed by atoms with Crippen LogP contribution in [0, 0.1) is 16.0 Å². The molecule has 2 aliphatic rings. The molecule has 0 unspecified atom stereocenters. The number of amides is 2. The fourth-order valence-electron chi connectivity index (χ4n) is 5.13. The van der Waals surface area contributed by atoms with Gasteiger partial charge in [0, 0.05) is 56.2 Å². The first-order valence-electron chi connectivity index (χ1n) is 12.9. The van der Waals surface area contributed by atoms with Crippen LogP contribution in [0.3, 0.4) is 0 Å². The predicted octanol–water partition coefficient (Wildman–Crippen LogP) is 6.13. The standard InChI is InChI=1S/C26H29F6N5O3/c27-25(28,29)18-3-8-21(9-4-18)35-11-13-36(14-12-35)24(38)33-16-17-1-5-19(6-2-17)34-20-7-10-23(37(39)40)22(15-20)26(30,31)32/h3-4,7-10,15,17,19,34H,1-2,5-6,11-14,16H2,(H,33,38). The van der Waals surface area contributed by atoms with E-state index in [-0.39, 0.29) is 23.7 Å². The van der Waals surface area contributed by atoms with Gasteiger partial charge in [0.05, 0.1) is 10.5 Å². The zero-order valence-electron chi connectivity index (χ0n) is 21.4. The Balaban J connectivity index is 1.19. The minimum atomic E-state index is -4.84. The Morgan fingerprint density at radius 3 is 2.08 bits per heavy atom. The number of nitrogens with one attached hydrogen (secondary N) is 2. The number of halogens is 6. The van der Waals surface area contributed by atoms with E-state index in [0.29, 0.717) is 51.3 Å². The van der Waals surface area contributed by atoms with E-state index in [9.17, 15) is 41.3 Å². The van der Waals surface area contributed by atoms with Crippen molar-refractivity contribution in [3.05, 3.63) is 63.7 Å². The van der Waals surface area contributed by atoms with Crippen LogP contribution in [-0.2, 0) is 12.4 Å². The number of alkyl halides is 6. The van der Waals surface area contributed by atoms with Crippen LogP contribution in [0.5, 0.6) is 0 Å². The molecule has 4 rings (SSSR count). The van der Waals surface area contributed by atoms with Crippen LogP contribution >= 0.6 is 0 Å². The molecule has 8 nitrogen and oxygen atoms in total. The quantitative estimate of drug-likeness (QED) is 0.246. The van der Waals surface area contributed by atoms with Crippen molar-refractivity contribution in [3.8, 4) is 0 Å². The number of carbonyl (C=O) groups is 1. The van der Waals surface area contributed by atoms with Gasteiger partial charge in [0.2, 0.25) is 0 Å². The molecule has 1 saturated carbocycles. The van der Waals surface area contributed by atoms with Crippen LogP contribution in [0.25, 0.3) is 0 Å². The van der Waals surface area contributed by atoms with E-state index in [1.165, 1.54) is 18.2 Å². The van der Waals surface area contributed by atoms with Crippen molar-refractivity contribution in [3.63, 3.8) is 0 Å². The normalized spacial score (nSPS) is 20.2. The van der Waals surface area contributed by atoms with Crippen LogP contribution < -0.4 is 15.5 Å². The Bertz CT molecular complexity index is 1190. The predicted molar refractivity (Wildman–Crippen MR) is 136 cm³/mol. The summed E-state index contributed by atoms with van der Waals surface area (Å²) in [6.07, 6.45) is -6.39. The molecule has 1 heterocycles. The van der Waals surface area contributed by atoms with Crippen molar-refractivity contribution in [2.45, 2.75) is 44.1 Å². The molecule has 14 heteroatoms. The Kier molecular flexibility index (Phi) is 8.64. The molecule has 40 heavy (non-hydrogen) atoms. The molecular weight excluding hydrogens is 544 g/mol. The zero-order chi connectivity index (χ0) is 29.1. The molecule has 2 aromatic rings. The number of hydrogen-bond acceptors (Lipinski definition) is 5. The van der Waals surface area contributed by atoms with Crippen molar-refractivity contribution in [1.29, 1.82) is 0 Å². The number of nitro groups is 1. The number of rotatable bonds is 6. The van der Waals surface area contributed by atoms with E-state index in [2.05, 4.69) is 10.6 Å². The average molecular weight is 574 g/mol. The molecule has 2 aromatic carbocycles. The summed E-state index contributed by atoms with van der Waals surface area (Å²) in [7, 11) is 0. The summed E-state index contributed by atoms with van der Waals surface area (Å²) < 4.78 is 78.1. The summed E-state index contributed by atoms with van der Waals surface area (Å²) in [6.45, 7) is 2.31. The van der Waals surface area contributed by atoms with Crippen molar-refractivity contribution < 1.29 is 36.1 Å². The third-order valence-corrected chi connectivity index (χ3v) is 7.38. The van der Waals surface area contributed by atoms with Crippen LogP contribution in [0.15, 0.2) is 42.5 Å². The van der Waals surface area contributed by atoms with E-state index in [1.54, 1.807) is 4.90 Å². The summed E-state index contributed by atoms with van der Waals surface area (Å²) in [6, 6.07) is 7.55. The fourth-order valence-corrected chi connectivity index (χ4v) is 5.13. The first kappa shape index (κ1) is 29.3.